The Labute approximate surface area is 176 Å². The molecule has 0 spiro atoms. The van der Waals surface area contributed by atoms with Gasteiger partial charge in [0.2, 0.25) is 0 Å². The number of nitrogens with one attached hydrogen (secondary N) is 1. The molecule has 1 aromatic rings. The molecular formula is C14H3BrF11N3O3. The van der Waals surface area contributed by atoms with Gasteiger partial charge < -0.3 is 5.32 Å². The van der Waals surface area contributed by atoms with E-state index in [0.29, 0.717) is 6.07 Å². The van der Waals surface area contributed by atoms with Crippen molar-refractivity contribution in [3.8, 4) is 6.07 Å². The van der Waals surface area contributed by atoms with E-state index in [1.165, 1.54) is 0 Å². The molecule has 1 saturated carbocycles. The Balaban J connectivity index is 2.75. The Hall–Kier alpha value is -2.71. The third-order valence-corrected chi connectivity index (χ3v) is 5.03. The Morgan fingerprint density at radius 2 is 1.31 bits per heavy atom. The number of anilines is 1. The topological polar surface area (TPSA) is 96.0 Å². The molecule has 0 aromatic heterocycles. The summed E-state index contributed by atoms with van der Waals surface area (Å²) in [6, 6.07) is 1.75. The second-order valence-electron chi connectivity index (χ2n) is 6.20. The lowest BCUT2D eigenvalue weighted by atomic mass is 9.71. The molecule has 0 aliphatic heterocycles. The fourth-order valence-electron chi connectivity index (χ4n) is 2.62. The molecule has 0 heterocycles. The van der Waals surface area contributed by atoms with Crippen LogP contribution in [0, 0.1) is 21.4 Å². The van der Waals surface area contributed by atoms with Crippen LogP contribution in [0.5, 0.6) is 0 Å². The van der Waals surface area contributed by atoms with Gasteiger partial charge >= 0.3 is 35.3 Å². The lowest BCUT2D eigenvalue weighted by Crippen LogP contribution is -2.86. The molecule has 1 fully saturated rings. The van der Waals surface area contributed by atoms with Gasteiger partial charge in [0.15, 0.2) is 0 Å². The van der Waals surface area contributed by atoms with Crippen LogP contribution in [0.15, 0.2) is 16.6 Å². The standard InChI is InChI=1S/C14H3BrF11N3O3/c15-6-2-5(29(31)32)1-4(3-27)7(6)28-8(30)9(16)10(17,18)12(21,22)14(25,26)13(23,24)11(9,19)20/h1-2H,(H,28,30). The average Bonchev–Trinajstić information content (AvgIpc) is 2.66. The Morgan fingerprint density at radius 1 is 0.906 bits per heavy atom. The van der Waals surface area contributed by atoms with Gasteiger partial charge in [-0.2, -0.15) is 49.2 Å². The van der Waals surface area contributed by atoms with Crippen molar-refractivity contribution < 1.29 is 58.0 Å². The predicted molar refractivity (Wildman–Crippen MR) is 82.7 cm³/mol. The molecule has 1 aliphatic carbocycles. The molecule has 2 rings (SSSR count). The number of nitro groups is 1. The number of alkyl halides is 11. The van der Waals surface area contributed by atoms with Gasteiger partial charge in [0.25, 0.3) is 11.6 Å². The molecular weight excluding hydrogens is 547 g/mol. The molecule has 18 heteroatoms. The van der Waals surface area contributed by atoms with Gasteiger partial charge in [-0.15, -0.1) is 0 Å². The minimum absolute atomic E-state index is 0.278. The van der Waals surface area contributed by atoms with Gasteiger partial charge in [-0.3, -0.25) is 14.9 Å². The molecule has 0 radical (unpaired) electrons. The third kappa shape index (κ3) is 2.72. The SMILES string of the molecule is N#Cc1cc([N+](=O)[O-])cc(Br)c1NC(=O)C1(F)C(F)(F)C(F)(F)C(F)(F)C(F)(F)C1(F)F. The van der Waals surface area contributed by atoms with Crippen molar-refractivity contribution in [1.82, 2.24) is 0 Å². The summed E-state index contributed by atoms with van der Waals surface area (Å²) in [7, 11) is 0. The summed E-state index contributed by atoms with van der Waals surface area (Å²) in [5.74, 6) is -41.0. The number of nitrogens with zero attached hydrogens (tertiary/aromatic N) is 2. The first-order valence-corrected chi connectivity index (χ1v) is 8.23. The number of halogens is 12. The molecule has 1 aromatic carbocycles. The van der Waals surface area contributed by atoms with Crippen LogP contribution in [-0.2, 0) is 4.79 Å². The first-order chi connectivity index (χ1) is 14.2. The van der Waals surface area contributed by atoms with Crippen LogP contribution in [0.1, 0.15) is 5.56 Å². The van der Waals surface area contributed by atoms with Crippen LogP contribution in [0.2, 0.25) is 0 Å². The molecule has 0 saturated heterocycles. The number of non-ortho nitro benzene ring substituents is 1. The van der Waals surface area contributed by atoms with Gasteiger partial charge in [-0.05, 0) is 15.9 Å². The molecule has 1 aliphatic rings. The van der Waals surface area contributed by atoms with Crippen molar-refractivity contribution in [1.29, 1.82) is 5.26 Å². The minimum Gasteiger partial charge on any atom is -0.321 e. The van der Waals surface area contributed by atoms with Crippen LogP contribution in [0.25, 0.3) is 0 Å². The van der Waals surface area contributed by atoms with E-state index in [0.717, 1.165) is 11.4 Å². The zero-order valence-corrected chi connectivity index (χ0v) is 15.9. The molecule has 0 unspecified atom stereocenters. The van der Waals surface area contributed by atoms with Crippen LogP contribution in [-0.4, -0.2) is 46.1 Å². The first-order valence-electron chi connectivity index (χ1n) is 7.44. The Kier molecular flexibility index (Phi) is 5.50. The quantitative estimate of drug-likeness (QED) is 0.323. The number of benzene rings is 1. The fourth-order valence-corrected chi connectivity index (χ4v) is 3.17. The monoisotopic (exact) mass is 549 g/mol. The van der Waals surface area contributed by atoms with E-state index in [-0.39, 0.29) is 6.07 Å². The van der Waals surface area contributed by atoms with E-state index in [1.807, 2.05) is 0 Å². The van der Waals surface area contributed by atoms with Crippen molar-refractivity contribution in [3.63, 3.8) is 0 Å². The normalized spacial score (nSPS) is 23.6. The molecule has 1 amide bonds. The van der Waals surface area contributed by atoms with E-state index in [4.69, 9.17) is 5.26 Å². The maximum Gasteiger partial charge on any atom is 0.384 e. The van der Waals surface area contributed by atoms with Crippen LogP contribution >= 0.6 is 15.9 Å². The van der Waals surface area contributed by atoms with Gasteiger partial charge in [0.1, 0.15) is 6.07 Å². The number of rotatable bonds is 3. The van der Waals surface area contributed by atoms with Crippen molar-refractivity contribution in [3.05, 3.63) is 32.3 Å². The van der Waals surface area contributed by atoms with E-state index in [1.54, 1.807) is 0 Å². The molecule has 176 valence electrons. The summed E-state index contributed by atoms with van der Waals surface area (Å²) in [5, 5.41) is 20.4. The maximum atomic E-state index is 14.7. The number of carbonyl (C=O) groups is 1. The zero-order valence-electron chi connectivity index (χ0n) is 14.3. The van der Waals surface area contributed by atoms with E-state index in [9.17, 15) is 63.2 Å². The van der Waals surface area contributed by atoms with Gasteiger partial charge in [0, 0.05) is 16.6 Å². The van der Waals surface area contributed by atoms with Crippen molar-refractivity contribution >= 4 is 33.2 Å². The number of hydrogen-bond donors (Lipinski definition) is 1. The number of hydrogen-bond acceptors (Lipinski definition) is 4. The Morgan fingerprint density at radius 3 is 1.69 bits per heavy atom. The second kappa shape index (κ2) is 6.89. The van der Waals surface area contributed by atoms with E-state index in [2.05, 4.69) is 15.9 Å². The maximum absolute atomic E-state index is 14.7. The second-order valence-corrected chi connectivity index (χ2v) is 7.06. The summed E-state index contributed by atoms with van der Waals surface area (Å²) in [5.41, 5.74) is -10.4. The summed E-state index contributed by atoms with van der Waals surface area (Å²) in [6.07, 6.45) is 0. The molecule has 32 heavy (non-hydrogen) atoms. The predicted octanol–water partition coefficient (Wildman–Crippen LogP) is 5.07. The highest BCUT2D eigenvalue weighted by molar-refractivity contribution is 9.10. The van der Waals surface area contributed by atoms with Crippen molar-refractivity contribution in [2.24, 2.45) is 0 Å². The van der Waals surface area contributed by atoms with Crippen LogP contribution in [0.3, 0.4) is 0 Å². The van der Waals surface area contributed by atoms with Crippen LogP contribution < -0.4 is 5.32 Å². The van der Waals surface area contributed by atoms with Crippen LogP contribution in [0.4, 0.5) is 59.7 Å². The number of carbonyl (C=O) groups excluding carboxylic acids is 1. The number of nitro benzene ring substituents is 1. The average molecular weight is 550 g/mol. The van der Waals surface area contributed by atoms with Crippen molar-refractivity contribution in [2.45, 2.75) is 35.3 Å². The number of nitriles is 1. The van der Waals surface area contributed by atoms with Gasteiger partial charge in [-0.25, -0.2) is 4.39 Å². The lowest BCUT2D eigenvalue weighted by molar-refractivity contribution is -0.475. The largest absolute Gasteiger partial charge is 0.384 e. The molecule has 1 N–H and O–H groups in total. The molecule has 0 bridgehead atoms. The van der Waals surface area contributed by atoms with E-state index >= 15 is 0 Å². The highest BCUT2D eigenvalue weighted by Crippen LogP contribution is 2.69. The summed E-state index contributed by atoms with van der Waals surface area (Å²) in [6.45, 7) is 0. The first kappa shape index (κ1) is 25.5. The fraction of sp³-hybridized carbons (Fsp3) is 0.429. The van der Waals surface area contributed by atoms with Crippen molar-refractivity contribution in [2.75, 3.05) is 5.32 Å². The third-order valence-electron chi connectivity index (χ3n) is 4.40. The molecule has 6 nitrogen and oxygen atoms in total. The lowest BCUT2D eigenvalue weighted by Gasteiger charge is -2.51. The van der Waals surface area contributed by atoms with E-state index < -0.39 is 67.5 Å². The Bertz CT molecular complexity index is 1020. The number of amides is 1. The van der Waals surface area contributed by atoms with Gasteiger partial charge in [0.05, 0.1) is 16.2 Å². The summed E-state index contributed by atoms with van der Waals surface area (Å²) >= 11 is 2.41. The highest BCUT2D eigenvalue weighted by Gasteiger charge is 3.02. The summed E-state index contributed by atoms with van der Waals surface area (Å²) < 4.78 is 150. The summed E-state index contributed by atoms with van der Waals surface area (Å²) in [4.78, 5) is 21.5. The van der Waals surface area contributed by atoms with Gasteiger partial charge in [-0.1, -0.05) is 0 Å². The molecule has 0 atom stereocenters. The highest BCUT2D eigenvalue weighted by atomic mass is 79.9. The minimum atomic E-state index is -7.51. The smallest absolute Gasteiger partial charge is 0.321 e. The zero-order chi connectivity index (χ0) is 25.3.